The molecule has 0 bridgehead atoms. The fraction of sp³-hybridized carbons (Fsp3) is 0.214. The lowest BCUT2D eigenvalue weighted by molar-refractivity contribution is -0.398. The lowest BCUT2D eigenvalue weighted by Crippen LogP contribution is -2.38. The minimum absolute atomic E-state index is 0.141. The molecular weight excluding hydrogens is 378 g/mol. The van der Waals surface area contributed by atoms with Gasteiger partial charge in [0.25, 0.3) is 17.2 Å². The van der Waals surface area contributed by atoms with Gasteiger partial charge in [-0.15, -0.1) is 5.10 Å². The third-order valence-electron chi connectivity index (χ3n) is 3.32. The van der Waals surface area contributed by atoms with E-state index in [4.69, 9.17) is 4.74 Å². The van der Waals surface area contributed by atoms with E-state index in [-0.39, 0.29) is 17.1 Å². The van der Waals surface area contributed by atoms with Gasteiger partial charge >= 0.3 is 5.69 Å². The summed E-state index contributed by atoms with van der Waals surface area (Å²) in [5.74, 6) is -2.09. The molecule has 14 heteroatoms. The highest BCUT2D eigenvalue weighted by Gasteiger charge is 2.15. The number of benzene rings is 1. The summed E-state index contributed by atoms with van der Waals surface area (Å²) < 4.78 is 4.79. The number of nitro groups is 1. The molecule has 0 aliphatic carbocycles. The van der Waals surface area contributed by atoms with Crippen LogP contribution in [0.15, 0.2) is 26.8 Å². The monoisotopic (exact) mass is 392 g/mol. The SMILES string of the molecule is COc1cc(/C=N\NC(=O)[C@@H](C)Nc2n[nH]c(=O)[nH]c2=O)cc([N+](=O)[O-])c1[O-]. The molecule has 0 saturated carbocycles. The molecule has 1 amide bonds. The Labute approximate surface area is 155 Å². The van der Waals surface area contributed by atoms with Crippen molar-refractivity contribution < 1.29 is 19.6 Å². The van der Waals surface area contributed by atoms with E-state index in [1.54, 1.807) is 0 Å². The molecule has 1 heterocycles. The molecule has 1 aromatic carbocycles. The predicted molar refractivity (Wildman–Crippen MR) is 93.4 cm³/mol. The second-order valence-electron chi connectivity index (χ2n) is 5.28. The zero-order valence-corrected chi connectivity index (χ0v) is 14.5. The number of aromatic amines is 2. The number of rotatable bonds is 7. The Balaban J connectivity index is 2.08. The summed E-state index contributed by atoms with van der Waals surface area (Å²) in [4.78, 5) is 46.4. The third kappa shape index (κ3) is 4.69. The van der Waals surface area contributed by atoms with Crippen molar-refractivity contribution in [3.63, 3.8) is 0 Å². The highest BCUT2D eigenvalue weighted by molar-refractivity contribution is 5.87. The van der Waals surface area contributed by atoms with Crippen LogP contribution in [0.2, 0.25) is 0 Å². The largest absolute Gasteiger partial charge is 0.865 e. The van der Waals surface area contributed by atoms with Crippen LogP contribution in [0.1, 0.15) is 12.5 Å². The van der Waals surface area contributed by atoms with Crippen LogP contribution < -0.4 is 31.8 Å². The van der Waals surface area contributed by atoms with Gasteiger partial charge in [-0.25, -0.2) is 15.3 Å². The molecule has 28 heavy (non-hydrogen) atoms. The van der Waals surface area contributed by atoms with Gasteiger partial charge in [-0.05, 0) is 13.0 Å². The molecule has 2 rings (SSSR count). The summed E-state index contributed by atoms with van der Waals surface area (Å²) in [6.07, 6.45) is 1.07. The van der Waals surface area contributed by atoms with Gasteiger partial charge in [-0.1, -0.05) is 0 Å². The number of hydrazone groups is 1. The van der Waals surface area contributed by atoms with Crippen LogP contribution in [0.4, 0.5) is 11.5 Å². The number of hydrogen-bond donors (Lipinski definition) is 4. The molecule has 0 aliphatic heterocycles. The van der Waals surface area contributed by atoms with E-state index in [1.165, 1.54) is 20.1 Å². The standard InChI is InChI=1S/C14H15N7O7/c1-6(16-11-13(24)17-14(25)20-18-11)12(23)19-15-5-7-3-8(21(26)27)10(22)9(4-7)28-2/h3-6,22H,1-2H3,(H,16,18)(H,19,23)(H2,17,20,24,25)/p-1/b15-5-/t6-/m1/s1. The molecular formula is C14H14N7O7-. The number of hydrogen-bond acceptors (Lipinski definition) is 10. The third-order valence-corrected chi connectivity index (χ3v) is 3.32. The summed E-state index contributed by atoms with van der Waals surface area (Å²) in [5.41, 5.74) is -0.0275. The van der Waals surface area contributed by atoms with Crippen molar-refractivity contribution in [1.29, 1.82) is 0 Å². The van der Waals surface area contributed by atoms with E-state index >= 15 is 0 Å². The van der Waals surface area contributed by atoms with Crippen molar-refractivity contribution >= 4 is 23.6 Å². The molecule has 0 saturated heterocycles. The van der Waals surface area contributed by atoms with Gasteiger partial charge in [0, 0.05) is 17.4 Å². The number of H-pyrrole nitrogens is 2. The minimum atomic E-state index is -0.968. The van der Waals surface area contributed by atoms with Crippen molar-refractivity contribution in [3.05, 3.63) is 48.6 Å². The van der Waals surface area contributed by atoms with Crippen molar-refractivity contribution in [1.82, 2.24) is 20.6 Å². The normalized spacial score (nSPS) is 11.8. The van der Waals surface area contributed by atoms with Crippen LogP contribution in [-0.4, -0.2) is 45.4 Å². The van der Waals surface area contributed by atoms with Gasteiger partial charge < -0.3 is 15.2 Å². The van der Waals surface area contributed by atoms with E-state index in [2.05, 4.69) is 20.9 Å². The number of ether oxygens (including phenoxy) is 1. The van der Waals surface area contributed by atoms with Crippen molar-refractivity contribution in [3.8, 4) is 11.5 Å². The number of carbonyl (C=O) groups excluding carboxylic acids is 1. The average Bonchev–Trinajstić information content (AvgIpc) is 2.64. The maximum Gasteiger partial charge on any atom is 0.342 e. The molecule has 148 valence electrons. The summed E-state index contributed by atoms with van der Waals surface area (Å²) >= 11 is 0. The zero-order chi connectivity index (χ0) is 20.8. The lowest BCUT2D eigenvalue weighted by Gasteiger charge is -2.13. The van der Waals surface area contributed by atoms with Crippen LogP contribution in [0, 0.1) is 10.1 Å². The Kier molecular flexibility index (Phi) is 6.05. The molecule has 0 spiro atoms. The van der Waals surface area contributed by atoms with Crippen LogP contribution in [0.3, 0.4) is 0 Å². The van der Waals surface area contributed by atoms with Gasteiger partial charge in [0.1, 0.15) is 11.8 Å². The zero-order valence-electron chi connectivity index (χ0n) is 14.5. The Morgan fingerprint density at radius 3 is 2.75 bits per heavy atom. The molecule has 0 radical (unpaired) electrons. The first kappa shape index (κ1) is 20.1. The number of anilines is 1. The highest BCUT2D eigenvalue weighted by atomic mass is 16.6. The number of nitrogens with one attached hydrogen (secondary N) is 4. The van der Waals surface area contributed by atoms with E-state index in [0.717, 1.165) is 12.3 Å². The van der Waals surface area contributed by atoms with Gasteiger partial charge in [0.15, 0.2) is 0 Å². The first-order chi connectivity index (χ1) is 13.2. The maximum atomic E-state index is 12.0. The van der Waals surface area contributed by atoms with Crippen LogP contribution in [0.25, 0.3) is 0 Å². The molecule has 1 atom stereocenters. The Hall–Kier alpha value is -4.23. The quantitative estimate of drug-likeness (QED) is 0.242. The molecule has 2 aromatic rings. The number of nitro benzene ring substituents is 1. The summed E-state index contributed by atoms with van der Waals surface area (Å²) in [5, 5.41) is 34.2. The average molecular weight is 392 g/mol. The van der Waals surface area contributed by atoms with Crippen molar-refractivity contribution in [2.45, 2.75) is 13.0 Å². The van der Waals surface area contributed by atoms with Gasteiger partial charge in [-0.3, -0.25) is 24.7 Å². The molecule has 4 N–H and O–H groups in total. The van der Waals surface area contributed by atoms with Crippen molar-refractivity contribution in [2.75, 3.05) is 12.4 Å². The van der Waals surface area contributed by atoms with Crippen LogP contribution >= 0.6 is 0 Å². The summed E-state index contributed by atoms with van der Waals surface area (Å²) in [6.45, 7) is 1.40. The van der Waals surface area contributed by atoms with Gasteiger partial charge in [0.2, 0.25) is 5.82 Å². The number of carbonyl (C=O) groups is 1. The van der Waals surface area contributed by atoms with Gasteiger partial charge in [0.05, 0.1) is 18.2 Å². The lowest BCUT2D eigenvalue weighted by atomic mass is 10.2. The highest BCUT2D eigenvalue weighted by Crippen LogP contribution is 2.33. The number of methoxy groups -OCH3 is 1. The Morgan fingerprint density at radius 2 is 2.14 bits per heavy atom. The minimum Gasteiger partial charge on any atom is -0.865 e. The fourth-order valence-electron chi connectivity index (χ4n) is 1.95. The smallest absolute Gasteiger partial charge is 0.342 e. The fourth-order valence-corrected chi connectivity index (χ4v) is 1.95. The first-order valence-corrected chi connectivity index (χ1v) is 7.54. The van der Waals surface area contributed by atoms with E-state index in [1.807, 2.05) is 10.1 Å². The number of amides is 1. The molecule has 14 nitrogen and oxygen atoms in total. The van der Waals surface area contributed by atoms with Crippen LogP contribution in [-0.2, 0) is 4.79 Å². The van der Waals surface area contributed by atoms with Gasteiger partial charge in [-0.2, -0.15) is 5.10 Å². The van der Waals surface area contributed by atoms with E-state index in [0.29, 0.717) is 0 Å². The second-order valence-corrected chi connectivity index (χ2v) is 5.28. The molecule has 0 fully saturated rings. The summed E-state index contributed by atoms with van der Waals surface area (Å²) in [7, 11) is 1.18. The summed E-state index contributed by atoms with van der Waals surface area (Å²) in [6, 6.07) is 1.23. The van der Waals surface area contributed by atoms with Crippen LogP contribution in [0.5, 0.6) is 11.5 Å². The maximum absolute atomic E-state index is 12.0. The molecule has 1 aromatic heterocycles. The Morgan fingerprint density at radius 1 is 1.43 bits per heavy atom. The Bertz CT molecular complexity index is 1040. The molecule has 0 unspecified atom stereocenters. The van der Waals surface area contributed by atoms with E-state index < -0.39 is 39.6 Å². The van der Waals surface area contributed by atoms with E-state index in [9.17, 15) is 29.6 Å². The van der Waals surface area contributed by atoms with Crippen molar-refractivity contribution in [2.24, 2.45) is 5.10 Å². The second kappa shape index (κ2) is 8.43. The molecule has 0 aliphatic rings. The number of nitrogens with zero attached hydrogens (tertiary/aromatic N) is 3. The predicted octanol–water partition coefficient (Wildman–Crippen LogP) is -1.60. The number of aromatic nitrogens is 3. The first-order valence-electron chi connectivity index (χ1n) is 7.54. The topological polar surface area (TPSA) is 208 Å².